The summed E-state index contributed by atoms with van der Waals surface area (Å²) in [6, 6.07) is -1.20. The van der Waals surface area contributed by atoms with Crippen molar-refractivity contribution in [3.8, 4) is 0 Å². The van der Waals surface area contributed by atoms with Crippen LogP contribution in [-0.4, -0.2) is 42.6 Å². The molecule has 0 aromatic carbocycles. The Morgan fingerprint density at radius 3 is 2.43 bits per heavy atom. The van der Waals surface area contributed by atoms with Crippen LogP contribution in [0.1, 0.15) is 6.42 Å². The summed E-state index contributed by atoms with van der Waals surface area (Å²) in [5, 5.41) is 10.5. The molecule has 4 N–H and O–H groups in total. The van der Waals surface area contributed by atoms with Crippen LogP contribution >= 0.6 is 0 Å². The Bertz CT molecular complexity index is 240. The van der Waals surface area contributed by atoms with Crippen LogP contribution in [0.4, 0.5) is 0 Å². The monoisotopic (exact) mass is 204 g/mol. The Hall–Kier alpha value is -1.63. The van der Waals surface area contributed by atoms with E-state index in [1.54, 1.807) is 0 Å². The van der Waals surface area contributed by atoms with Gasteiger partial charge in [-0.3, -0.25) is 14.4 Å². The molecular formula is C7H12N2O5. The number of nitrogens with one attached hydrogen (secondary N) is 1. The van der Waals surface area contributed by atoms with Crippen molar-refractivity contribution >= 4 is 17.8 Å². The van der Waals surface area contributed by atoms with Gasteiger partial charge in [0.25, 0.3) is 0 Å². The van der Waals surface area contributed by atoms with E-state index in [2.05, 4.69) is 10.1 Å². The van der Waals surface area contributed by atoms with Crippen LogP contribution in [0.25, 0.3) is 0 Å². The van der Waals surface area contributed by atoms with Crippen LogP contribution in [-0.2, 0) is 19.1 Å². The Morgan fingerprint density at radius 1 is 1.50 bits per heavy atom. The summed E-state index contributed by atoms with van der Waals surface area (Å²) in [4.78, 5) is 31.8. The first-order valence-electron chi connectivity index (χ1n) is 3.76. The highest BCUT2D eigenvalue weighted by Crippen LogP contribution is 1.91. The second kappa shape index (κ2) is 5.92. The van der Waals surface area contributed by atoms with Gasteiger partial charge >= 0.3 is 5.97 Å². The maximum Gasteiger partial charge on any atom is 0.305 e. The average Bonchev–Trinajstić information content (AvgIpc) is 2.02. The molecule has 14 heavy (non-hydrogen) atoms. The normalized spacial score (nSPS) is 11.8. The van der Waals surface area contributed by atoms with E-state index in [4.69, 9.17) is 10.8 Å². The first kappa shape index (κ1) is 12.4. The molecule has 0 bridgehead atoms. The van der Waals surface area contributed by atoms with Gasteiger partial charge in [-0.1, -0.05) is 0 Å². The third-order valence-corrected chi connectivity index (χ3v) is 1.33. The van der Waals surface area contributed by atoms with Crippen LogP contribution in [0.5, 0.6) is 0 Å². The molecule has 0 aliphatic rings. The zero-order valence-electron chi connectivity index (χ0n) is 7.65. The van der Waals surface area contributed by atoms with Crippen molar-refractivity contribution in [3.63, 3.8) is 0 Å². The molecule has 1 atom stereocenters. The third-order valence-electron chi connectivity index (χ3n) is 1.33. The Kier molecular flexibility index (Phi) is 5.23. The van der Waals surface area contributed by atoms with Gasteiger partial charge in [0, 0.05) is 7.11 Å². The fraction of sp³-hybridized carbons (Fsp3) is 0.571. The molecule has 0 aliphatic carbocycles. The van der Waals surface area contributed by atoms with Crippen LogP contribution < -0.4 is 11.1 Å². The molecule has 0 radical (unpaired) electrons. The number of ether oxygens (including phenoxy) is 1. The topological polar surface area (TPSA) is 119 Å². The predicted octanol–water partition coefficient (Wildman–Crippen LogP) is -1.92. The Labute approximate surface area is 80.2 Å². The molecule has 2 amide bonds. The number of aliphatic carboxylic acids is 1. The van der Waals surface area contributed by atoms with Gasteiger partial charge in [0.15, 0.2) is 0 Å². The van der Waals surface area contributed by atoms with E-state index in [0.717, 1.165) is 0 Å². The lowest BCUT2D eigenvalue weighted by Crippen LogP contribution is -2.46. The van der Waals surface area contributed by atoms with Crippen molar-refractivity contribution in [1.82, 2.24) is 5.32 Å². The quantitative estimate of drug-likeness (QED) is 0.466. The highest BCUT2D eigenvalue weighted by Gasteiger charge is 2.20. The highest BCUT2D eigenvalue weighted by molar-refractivity contribution is 5.89. The van der Waals surface area contributed by atoms with E-state index in [9.17, 15) is 14.4 Å². The van der Waals surface area contributed by atoms with Crippen LogP contribution in [0.15, 0.2) is 0 Å². The molecule has 0 rings (SSSR count). The fourth-order valence-corrected chi connectivity index (χ4v) is 0.764. The Balaban J connectivity index is 4.16. The number of carbonyl (C=O) groups excluding carboxylic acids is 2. The molecule has 0 spiro atoms. The van der Waals surface area contributed by atoms with Crippen molar-refractivity contribution in [1.29, 1.82) is 0 Å². The molecule has 0 aromatic heterocycles. The van der Waals surface area contributed by atoms with Crippen LogP contribution in [0, 0.1) is 0 Å². The largest absolute Gasteiger partial charge is 0.481 e. The number of nitrogens with two attached hydrogens (primary N) is 1. The molecule has 0 aromatic rings. The number of rotatable bonds is 6. The molecule has 0 heterocycles. The summed E-state index contributed by atoms with van der Waals surface area (Å²) in [5.41, 5.74) is 4.87. The van der Waals surface area contributed by atoms with Gasteiger partial charge in [-0.25, -0.2) is 0 Å². The van der Waals surface area contributed by atoms with Crippen molar-refractivity contribution in [3.05, 3.63) is 0 Å². The van der Waals surface area contributed by atoms with Gasteiger partial charge in [0.05, 0.1) is 6.42 Å². The number of amides is 2. The maximum atomic E-state index is 10.9. The minimum Gasteiger partial charge on any atom is -0.481 e. The van der Waals surface area contributed by atoms with E-state index in [1.165, 1.54) is 7.11 Å². The van der Waals surface area contributed by atoms with E-state index in [1.807, 2.05) is 0 Å². The molecule has 0 unspecified atom stereocenters. The number of primary amides is 1. The molecule has 0 saturated heterocycles. The smallest absolute Gasteiger partial charge is 0.305 e. The van der Waals surface area contributed by atoms with Crippen molar-refractivity contribution in [2.45, 2.75) is 12.5 Å². The fourth-order valence-electron chi connectivity index (χ4n) is 0.764. The molecule has 0 saturated carbocycles. The number of hydrogen-bond acceptors (Lipinski definition) is 4. The van der Waals surface area contributed by atoms with Gasteiger partial charge in [0.1, 0.15) is 12.6 Å². The van der Waals surface area contributed by atoms with Gasteiger partial charge in [-0.15, -0.1) is 0 Å². The molecule has 7 heteroatoms. The molecule has 80 valence electrons. The van der Waals surface area contributed by atoms with E-state index in [-0.39, 0.29) is 6.61 Å². The summed E-state index contributed by atoms with van der Waals surface area (Å²) in [6.07, 6.45) is -0.537. The molecule has 7 nitrogen and oxygen atoms in total. The minimum absolute atomic E-state index is 0.247. The average molecular weight is 204 g/mol. The van der Waals surface area contributed by atoms with E-state index in [0.29, 0.717) is 0 Å². The summed E-state index contributed by atoms with van der Waals surface area (Å²) in [7, 11) is 1.30. The lowest BCUT2D eigenvalue weighted by atomic mass is 10.2. The van der Waals surface area contributed by atoms with Crippen molar-refractivity contribution in [2.24, 2.45) is 5.73 Å². The molecule has 0 aliphatic heterocycles. The number of hydrogen-bond donors (Lipinski definition) is 3. The zero-order chi connectivity index (χ0) is 11.1. The van der Waals surface area contributed by atoms with Crippen LogP contribution in [0.3, 0.4) is 0 Å². The zero-order valence-corrected chi connectivity index (χ0v) is 7.65. The number of carboxylic acids is 1. The number of carboxylic acid groups (broad SMARTS) is 1. The summed E-state index contributed by atoms with van der Waals surface area (Å²) in [6.45, 7) is -0.247. The second-order valence-corrected chi connectivity index (χ2v) is 2.55. The molecular weight excluding hydrogens is 192 g/mol. The van der Waals surface area contributed by atoms with Gasteiger partial charge in [-0.05, 0) is 0 Å². The lowest BCUT2D eigenvalue weighted by Gasteiger charge is -2.12. The first-order valence-corrected chi connectivity index (χ1v) is 3.76. The SMILES string of the molecule is COCC(=O)N[C@@H](CC(=O)O)C(N)=O. The van der Waals surface area contributed by atoms with Crippen LogP contribution in [0.2, 0.25) is 0 Å². The first-order chi connectivity index (χ1) is 6.47. The summed E-state index contributed by atoms with van der Waals surface area (Å²) in [5.74, 6) is -2.69. The minimum atomic E-state index is -1.22. The third kappa shape index (κ3) is 5.09. The summed E-state index contributed by atoms with van der Waals surface area (Å²) < 4.78 is 4.48. The standard InChI is InChI=1S/C7H12N2O5/c1-14-3-5(10)9-4(7(8)13)2-6(11)12/h4H,2-3H2,1H3,(H2,8,13)(H,9,10)(H,11,12)/t4-/m0/s1. The van der Waals surface area contributed by atoms with E-state index >= 15 is 0 Å². The van der Waals surface area contributed by atoms with Gasteiger partial charge in [0.2, 0.25) is 11.8 Å². The second-order valence-electron chi connectivity index (χ2n) is 2.55. The highest BCUT2D eigenvalue weighted by atomic mass is 16.5. The van der Waals surface area contributed by atoms with Gasteiger partial charge < -0.3 is 20.9 Å². The number of carbonyl (C=O) groups is 3. The van der Waals surface area contributed by atoms with Crippen molar-refractivity contribution in [2.75, 3.05) is 13.7 Å². The van der Waals surface area contributed by atoms with Crippen molar-refractivity contribution < 1.29 is 24.2 Å². The number of methoxy groups -OCH3 is 1. The predicted molar refractivity (Wildman–Crippen MR) is 45.3 cm³/mol. The maximum absolute atomic E-state index is 10.9. The van der Waals surface area contributed by atoms with Gasteiger partial charge in [-0.2, -0.15) is 0 Å². The summed E-state index contributed by atoms with van der Waals surface area (Å²) >= 11 is 0. The Morgan fingerprint density at radius 2 is 2.07 bits per heavy atom. The lowest BCUT2D eigenvalue weighted by molar-refractivity contribution is -0.140. The molecule has 0 fully saturated rings. The van der Waals surface area contributed by atoms with E-state index < -0.39 is 30.2 Å².